The summed E-state index contributed by atoms with van der Waals surface area (Å²) in [7, 11) is -3.68. The summed E-state index contributed by atoms with van der Waals surface area (Å²) < 4.78 is 27.9. The fourth-order valence-corrected chi connectivity index (χ4v) is 3.68. The van der Waals surface area contributed by atoms with Gasteiger partial charge in [-0.15, -0.1) is 0 Å². The fraction of sp³-hybridized carbons (Fsp3) is 0.111. The Morgan fingerprint density at radius 3 is 2.57 bits per heavy atom. The molecule has 0 amide bonds. The van der Waals surface area contributed by atoms with Crippen LogP contribution in [-0.2, 0) is 16.4 Å². The molecular weight excluding hydrogens is 310 g/mol. The molecule has 0 aromatic heterocycles. The van der Waals surface area contributed by atoms with E-state index < -0.39 is 10.0 Å². The lowest BCUT2D eigenvalue weighted by Crippen LogP contribution is -2.14. The molecule has 0 heterocycles. The normalized spacial score (nSPS) is 11.5. The van der Waals surface area contributed by atoms with Crippen molar-refractivity contribution < 1.29 is 13.5 Å². The zero-order chi connectivity index (χ0) is 16.4. The maximum absolute atomic E-state index is 12.6. The van der Waals surface area contributed by atoms with Crippen molar-refractivity contribution in [2.24, 2.45) is 0 Å². The van der Waals surface area contributed by atoms with E-state index in [1.165, 1.54) is 6.07 Å². The Hall–Kier alpha value is -2.53. The molecule has 0 aliphatic heterocycles. The van der Waals surface area contributed by atoms with E-state index >= 15 is 0 Å². The van der Waals surface area contributed by atoms with Gasteiger partial charge in [0.25, 0.3) is 10.0 Å². The highest BCUT2D eigenvalue weighted by molar-refractivity contribution is 7.92. The molecule has 0 saturated carbocycles. The molecule has 0 radical (unpaired) electrons. The molecule has 0 spiro atoms. The summed E-state index contributed by atoms with van der Waals surface area (Å²) in [4.78, 5) is 0.168. The average molecular weight is 327 g/mol. The van der Waals surface area contributed by atoms with Crippen molar-refractivity contribution in [2.75, 3.05) is 4.72 Å². The van der Waals surface area contributed by atoms with Crippen LogP contribution in [0.2, 0.25) is 0 Å². The molecule has 0 bridgehead atoms. The first-order chi connectivity index (χ1) is 11.0. The number of para-hydroxylation sites is 1. The molecule has 4 nitrogen and oxygen atoms in total. The van der Waals surface area contributed by atoms with Gasteiger partial charge in [-0.1, -0.05) is 37.3 Å². The molecule has 3 aromatic carbocycles. The summed E-state index contributed by atoms with van der Waals surface area (Å²) in [5, 5.41) is 11.1. The van der Waals surface area contributed by atoms with Crippen molar-refractivity contribution in [1.82, 2.24) is 0 Å². The summed E-state index contributed by atoms with van der Waals surface area (Å²) in [5.74, 6) is 0.135. The molecule has 118 valence electrons. The second-order valence-electron chi connectivity index (χ2n) is 5.28. The third-order valence-corrected chi connectivity index (χ3v) is 5.14. The van der Waals surface area contributed by atoms with Crippen molar-refractivity contribution in [3.8, 4) is 5.75 Å². The van der Waals surface area contributed by atoms with Crippen LogP contribution in [0, 0.1) is 0 Å². The SMILES string of the molecule is CCc1ccccc1NS(=O)(=O)c1ccc2c(O)cccc2c1. The Morgan fingerprint density at radius 2 is 1.78 bits per heavy atom. The van der Waals surface area contributed by atoms with E-state index in [9.17, 15) is 13.5 Å². The zero-order valence-electron chi connectivity index (χ0n) is 12.7. The summed E-state index contributed by atoms with van der Waals surface area (Å²) >= 11 is 0. The van der Waals surface area contributed by atoms with Crippen LogP contribution in [0.15, 0.2) is 65.6 Å². The van der Waals surface area contributed by atoms with Crippen molar-refractivity contribution in [2.45, 2.75) is 18.2 Å². The molecule has 0 atom stereocenters. The third-order valence-electron chi connectivity index (χ3n) is 3.78. The number of sulfonamides is 1. The number of aromatic hydroxyl groups is 1. The van der Waals surface area contributed by atoms with Gasteiger partial charge in [0.2, 0.25) is 0 Å². The van der Waals surface area contributed by atoms with Crippen LogP contribution in [0.3, 0.4) is 0 Å². The van der Waals surface area contributed by atoms with Gasteiger partial charge in [0.1, 0.15) is 5.75 Å². The first-order valence-corrected chi connectivity index (χ1v) is 8.82. The number of aryl methyl sites for hydroxylation is 1. The molecule has 0 aliphatic rings. The fourth-order valence-electron chi connectivity index (χ4n) is 2.54. The summed E-state index contributed by atoms with van der Waals surface area (Å²) in [6, 6.07) is 17.1. The molecule has 0 saturated heterocycles. The second kappa shape index (κ2) is 5.93. The highest BCUT2D eigenvalue weighted by Crippen LogP contribution is 2.28. The first kappa shape index (κ1) is 15.4. The van der Waals surface area contributed by atoms with Crippen molar-refractivity contribution in [3.63, 3.8) is 0 Å². The molecule has 23 heavy (non-hydrogen) atoms. The van der Waals surface area contributed by atoms with Crippen LogP contribution >= 0.6 is 0 Å². The van der Waals surface area contributed by atoms with E-state index in [2.05, 4.69) is 4.72 Å². The van der Waals surface area contributed by atoms with Crippen molar-refractivity contribution in [1.29, 1.82) is 0 Å². The van der Waals surface area contributed by atoms with E-state index in [1.54, 1.807) is 42.5 Å². The number of anilines is 1. The maximum Gasteiger partial charge on any atom is 0.261 e. The lowest BCUT2D eigenvalue weighted by atomic mass is 10.1. The maximum atomic E-state index is 12.6. The molecule has 0 aliphatic carbocycles. The molecule has 0 unspecified atom stereocenters. The standard InChI is InChI=1S/C18H17NO3S/c1-2-13-6-3-4-8-17(13)19-23(21,22)15-10-11-16-14(12-15)7-5-9-18(16)20/h3-12,19-20H,2H2,1H3. The smallest absolute Gasteiger partial charge is 0.261 e. The lowest BCUT2D eigenvalue weighted by molar-refractivity contribution is 0.481. The van der Waals surface area contributed by atoms with E-state index in [-0.39, 0.29) is 10.6 Å². The first-order valence-electron chi connectivity index (χ1n) is 7.34. The minimum atomic E-state index is -3.68. The zero-order valence-corrected chi connectivity index (χ0v) is 13.5. The van der Waals surface area contributed by atoms with Crippen LogP contribution in [0.4, 0.5) is 5.69 Å². The Kier molecular flexibility index (Phi) is 3.96. The molecule has 0 fully saturated rings. The number of nitrogens with one attached hydrogen (secondary N) is 1. The Labute approximate surface area is 135 Å². The summed E-state index contributed by atoms with van der Waals surface area (Å²) in [5.41, 5.74) is 1.53. The van der Waals surface area contributed by atoms with Gasteiger partial charge in [-0.2, -0.15) is 0 Å². The number of hydrogen-bond acceptors (Lipinski definition) is 3. The van der Waals surface area contributed by atoms with Gasteiger partial charge in [0, 0.05) is 5.39 Å². The molecule has 5 heteroatoms. The Balaban J connectivity index is 2.03. The Morgan fingerprint density at radius 1 is 1.00 bits per heavy atom. The van der Waals surface area contributed by atoms with E-state index in [4.69, 9.17) is 0 Å². The largest absolute Gasteiger partial charge is 0.507 e. The topological polar surface area (TPSA) is 66.4 Å². The quantitative estimate of drug-likeness (QED) is 0.763. The third kappa shape index (κ3) is 3.00. The molecule has 3 aromatic rings. The van der Waals surface area contributed by atoms with Crippen molar-refractivity contribution in [3.05, 3.63) is 66.2 Å². The summed E-state index contributed by atoms with van der Waals surface area (Å²) in [6.07, 6.45) is 0.740. The van der Waals surface area contributed by atoms with Gasteiger partial charge in [-0.05, 0) is 47.7 Å². The molecule has 2 N–H and O–H groups in total. The van der Waals surface area contributed by atoms with Gasteiger partial charge in [0.05, 0.1) is 10.6 Å². The van der Waals surface area contributed by atoms with Gasteiger partial charge in [-0.3, -0.25) is 4.72 Å². The average Bonchev–Trinajstić information content (AvgIpc) is 2.55. The van der Waals surface area contributed by atoms with E-state index in [1.807, 2.05) is 19.1 Å². The van der Waals surface area contributed by atoms with Gasteiger partial charge >= 0.3 is 0 Å². The highest BCUT2D eigenvalue weighted by Gasteiger charge is 2.16. The number of phenolic OH excluding ortho intramolecular Hbond substituents is 1. The van der Waals surface area contributed by atoms with Crippen LogP contribution in [0.25, 0.3) is 10.8 Å². The predicted molar refractivity (Wildman–Crippen MR) is 92.2 cm³/mol. The number of benzene rings is 3. The minimum Gasteiger partial charge on any atom is -0.507 e. The number of phenols is 1. The monoisotopic (exact) mass is 327 g/mol. The van der Waals surface area contributed by atoms with Crippen LogP contribution in [-0.4, -0.2) is 13.5 Å². The number of fused-ring (bicyclic) bond motifs is 1. The second-order valence-corrected chi connectivity index (χ2v) is 6.96. The van der Waals surface area contributed by atoms with E-state index in [0.717, 1.165) is 12.0 Å². The van der Waals surface area contributed by atoms with Crippen LogP contribution < -0.4 is 4.72 Å². The van der Waals surface area contributed by atoms with E-state index in [0.29, 0.717) is 16.5 Å². The number of hydrogen-bond donors (Lipinski definition) is 2. The molecule has 3 rings (SSSR count). The number of rotatable bonds is 4. The van der Waals surface area contributed by atoms with Crippen LogP contribution in [0.5, 0.6) is 5.75 Å². The molecular formula is C18H17NO3S. The minimum absolute atomic E-state index is 0.135. The Bertz CT molecular complexity index is 965. The van der Waals surface area contributed by atoms with Crippen LogP contribution in [0.1, 0.15) is 12.5 Å². The predicted octanol–water partition coefficient (Wildman–Crippen LogP) is 3.91. The van der Waals surface area contributed by atoms with Gasteiger partial charge in [-0.25, -0.2) is 8.42 Å². The van der Waals surface area contributed by atoms with Crippen molar-refractivity contribution >= 4 is 26.5 Å². The lowest BCUT2D eigenvalue weighted by Gasteiger charge is -2.12. The summed E-state index contributed by atoms with van der Waals surface area (Å²) in [6.45, 7) is 1.98. The van der Waals surface area contributed by atoms with Gasteiger partial charge < -0.3 is 5.11 Å². The van der Waals surface area contributed by atoms with Gasteiger partial charge in [0.15, 0.2) is 0 Å². The highest BCUT2D eigenvalue weighted by atomic mass is 32.2.